The van der Waals surface area contributed by atoms with Gasteiger partial charge in [-0.15, -0.1) is 0 Å². The van der Waals surface area contributed by atoms with Gasteiger partial charge in [0.15, 0.2) is 12.1 Å². The number of carboxylic acids is 1. The van der Waals surface area contributed by atoms with Gasteiger partial charge in [-0.05, 0) is 33.1 Å². The molecular weight excluding hydrogens is 851 g/mol. The first-order valence-corrected chi connectivity index (χ1v) is 22.3. The van der Waals surface area contributed by atoms with Crippen molar-refractivity contribution < 1.29 is 84.7 Å². The Morgan fingerprint density at radius 1 is 0.662 bits per heavy atom. The van der Waals surface area contributed by atoms with E-state index in [-0.39, 0.29) is 31.6 Å². The molecule has 0 amide bonds. The second-order valence-corrected chi connectivity index (χ2v) is 17.6. The predicted molar refractivity (Wildman–Crippen MR) is 237 cm³/mol. The van der Waals surface area contributed by atoms with Crippen LogP contribution < -0.4 is 5.73 Å². The van der Waals surface area contributed by atoms with Crippen molar-refractivity contribution in [3.8, 4) is 0 Å². The number of esters is 1. The number of fused-ring (bicyclic) bond motifs is 2. The molecule has 13 N–H and O–H groups in total. The molecule has 0 spiro atoms. The van der Waals surface area contributed by atoms with Gasteiger partial charge in [-0.1, -0.05) is 98.9 Å². The molecule has 19 atom stereocenters. The molecule has 3 aliphatic heterocycles. The highest BCUT2D eigenvalue weighted by Gasteiger charge is 2.51. The van der Waals surface area contributed by atoms with Crippen molar-refractivity contribution in [2.24, 2.45) is 23.5 Å². The molecule has 3 heterocycles. The highest BCUT2D eigenvalue weighted by atomic mass is 16.7. The van der Waals surface area contributed by atoms with E-state index in [1.807, 2.05) is 19.1 Å². The summed E-state index contributed by atoms with van der Waals surface area (Å²) in [6.07, 6.45) is 3.46. The molecule has 2 fully saturated rings. The lowest BCUT2D eigenvalue weighted by Crippen LogP contribution is -2.61. The van der Waals surface area contributed by atoms with Gasteiger partial charge in [0, 0.05) is 37.5 Å². The quantitative estimate of drug-likeness (QED) is 0.174. The largest absolute Gasteiger partial charge is 0.481 e. The summed E-state index contributed by atoms with van der Waals surface area (Å²) < 4.78 is 23.1. The molecule has 0 aliphatic carbocycles. The van der Waals surface area contributed by atoms with Crippen molar-refractivity contribution in [2.75, 3.05) is 0 Å². The molecule has 3 rings (SSSR count). The van der Waals surface area contributed by atoms with E-state index in [1.165, 1.54) is 13.0 Å². The fourth-order valence-corrected chi connectivity index (χ4v) is 7.97. The van der Waals surface area contributed by atoms with Gasteiger partial charge in [-0.25, -0.2) is 0 Å². The molecule has 0 saturated carbocycles. The molecule has 3 aliphatic rings. The monoisotopic (exact) mass is 923 g/mol. The van der Waals surface area contributed by atoms with Gasteiger partial charge < -0.3 is 80.9 Å². The summed E-state index contributed by atoms with van der Waals surface area (Å²) >= 11 is 0. The van der Waals surface area contributed by atoms with Gasteiger partial charge in [0.2, 0.25) is 0 Å². The zero-order valence-corrected chi connectivity index (χ0v) is 37.6. The number of hydrogen-bond acceptors (Lipinski definition) is 17. The zero-order chi connectivity index (χ0) is 48.4. The third-order valence-corrected chi connectivity index (χ3v) is 12.0. The van der Waals surface area contributed by atoms with Crippen LogP contribution in [0.15, 0.2) is 85.1 Å². The SMILES string of the molecule is CC1OC(O[C@H]2/C=C/C=C\C=C\C=C\C=C/C=C/C=C/[C@H](C)[C@@H](O)[C@@H](C)[C@H](C)OC(=O)C[C@H](O)C[C@H](O)CC[C@@H](O)[C@H](O)C[C@H](O)C[C@]3(O)C[C@H](O)[C@@H](C(=O)O)[C@H](C2)O3)C(O)C(N)C1O. The van der Waals surface area contributed by atoms with Gasteiger partial charge in [0.25, 0.3) is 0 Å². The van der Waals surface area contributed by atoms with Gasteiger partial charge in [0.1, 0.15) is 18.1 Å². The third kappa shape index (κ3) is 18.6. The van der Waals surface area contributed by atoms with Crippen molar-refractivity contribution in [1.82, 2.24) is 0 Å². The summed E-state index contributed by atoms with van der Waals surface area (Å²) in [4.78, 5) is 25.1. The molecule has 18 heteroatoms. The topological polar surface area (TPSA) is 320 Å². The molecule has 368 valence electrons. The molecule has 5 unspecified atom stereocenters. The number of aliphatic hydroxyl groups is 10. The summed E-state index contributed by atoms with van der Waals surface area (Å²) in [5, 5.41) is 118. The van der Waals surface area contributed by atoms with Crippen LogP contribution in [0.25, 0.3) is 0 Å². The molecule has 65 heavy (non-hydrogen) atoms. The lowest BCUT2D eigenvalue weighted by atomic mass is 9.82. The Morgan fingerprint density at radius 3 is 1.82 bits per heavy atom. The Labute approximate surface area is 381 Å². The lowest BCUT2D eigenvalue weighted by molar-refractivity contribution is -0.308. The average Bonchev–Trinajstić information content (AvgIpc) is 3.21. The van der Waals surface area contributed by atoms with Crippen molar-refractivity contribution in [3.63, 3.8) is 0 Å². The molecule has 18 nitrogen and oxygen atoms in total. The van der Waals surface area contributed by atoms with E-state index in [0.717, 1.165) is 0 Å². The number of carbonyl (C=O) groups is 2. The van der Waals surface area contributed by atoms with E-state index in [9.17, 15) is 65.8 Å². The molecule has 2 bridgehead atoms. The van der Waals surface area contributed by atoms with Crippen LogP contribution in [0.2, 0.25) is 0 Å². The number of carboxylic acid groups (broad SMARTS) is 1. The number of aliphatic hydroxyl groups excluding tert-OH is 9. The molecule has 0 aromatic heterocycles. The zero-order valence-electron chi connectivity index (χ0n) is 37.6. The fourth-order valence-electron chi connectivity index (χ4n) is 7.97. The molecular formula is C47H73NO17. The Hall–Kier alpha value is -3.44. The number of rotatable bonds is 3. The van der Waals surface area contributed by atoms with Gasteiger partial charge >= 0.3 is 11.9 Å². The minimum Gasteiger partial charge on any atom is -0.481 e. The van der Waals surface area contributed by atoms with Crippen LogP contribution in [0.1, 0.15) is 79.1 Å². The van der Waals surface area contributed by atoms with E-state index >= 15 is 0 Å². The fraction of sp³-hybridized carbons (Fsp3) is 0.660. The maximum atomic E-state index is 12.6. The van der Waals surface area contributed by atoms with E-state index in [0.29, 0.717) is 0 Å². The third-order valence-electron chi connectivity index (χ3n) is 12.0. The summed E-state index contributed by atoms with van der Waals surface area (Å²) in [7, 11) is 0. The summed E-state index contributed by atoms with van der Waals surface area (Å²) in [6, 6.07) is -1.15. The number of allylic oxidation sites excluding steroid dienone is 12. The second-order valence-electron chi connectivity index (χ2n) is 17.6. The highest BCUT2D eigenvalue weighted by Crippen LogP contribution is 2.38. The number of aliphatic carboxylic acids is 1. The smallest absolute Gasteiger partial charge is 0.311 e. The van der Waals surface area contributed by atoms with Crippen LogP contribution in [0.4, 0.5) is 0 Å². The van der Waals surface area contributed by atoms with E-state index < -0.39 is 147 Å². The standard InChI is InChI=1S/C47H73NO17/c1-27-17-15-13-11-9-7-5-6-8-10-12-14-16-18-34(64-46-44(58)41(48)43(57)30(4)63-46)24-38-40(45(59)60)37(54)26-47(61,65-38)25-33(51)22-36(53)35(52)20-19-31(49)21-32(50)23-39(55)62-29(3)28(2)42(27)56/h5-18,27-38,40-44,46,49-54,56-58,61H,19-26,48H2,1-4H3,(H,59,60)/b6-5+,9-7-,10-8+,13-11+,14-12-,17-15+,18-16+/t27-,28-,29-,30?,31+,32+,33-,34-,35+,36+,37-,38-,40+,41?,42+,43?,44?,46?,47+/m0/s1. The first kappa shape index (κ1) is 55.9. The van der Waals surface area contributed by atoms with Gasteiger partial charge in [-0.3, -0.25) is 9.59 Å². The van der Waals surface area contributed by atoms with E-state index in [2.05, 4.69) is 0 Å². The maximum absolute atomic E-state index is 12.6. The summed E-state index contributed by atoms with van der Waals surface area (Å²) in [6.45, 7) is 6.74. The summed E-state index contributed by atoms with van der Waals surface area (Å²) in [5.74, 6) is -6.83. The van der Waals surface area contributed by atoms with Crippen LogP contribution in [-0.4, -0.2) is 166 Å². The Balaban J connectivity index is 1.86. The number of hydrogen-bond donors (Lipinski definition) is 12. The molecule has 0 radical (unpaired) electrons. The predicted octanol–water partition coefficient (Wildman–Crippen LogP) is 0.712. The van der Waals surface area contributed by atoms with Gasteiger partial charge in [0.05, 0.1) is 79.6 Å². The number of carbonyl (C=O) groups excluding carboxylic acids is 1. The first-order valence-electron chi connectivity index (χ1n) is 22.3. The van der Waals surface area contributed by atoms with Crippen molar-refractivity contribution >= 4 is 11.9 Å². The molecule has 0 aromatic carbocycles. The Morgan fingerprint density at radius 2 is 1.23 bits per heavy atom. The van der Waals surface area contributed by atoms with Crippen LogP contribution >= 0.6 is 0 Å². The number of cyclic esters (lactones) is 1. The second kappa shape index (κ2) is 27.4. The maximum Gasteiger partial charge on any atom is 0.311 e. The number of ether oxygens (including phenoxy) is 4. The van der Waals surface area contributed by atoms with E-state index in [1.54, 1.807) is 80.7 Å². The minimum atomic E-state index is -2.33. The summed E-state index contributed by atoms with van der Waals surface area (Å²) in [5.41, 5.74) is 6.02. The first-order chi connectivity index (χ1) is 30.6. The van der Waals surface area contributed by atoms with Crippen molar-refractivity contribution in [2.45, 2.75) is 177 Å². The lowest BCUT2D eigenvalue weighted by Gasteiger charge is -2.45. The average molecular weight is 924 g/mol. The Kier molecular flexibility index (Phi) is 23.6. The Bertz CT molecular complexity index is 1670. The van der Waals surface area contributed by atoms with Crippen LogP contribution in [-0.2, 0) is 28.5 Å². The van der Waals surface area contributed by atoms with Crippen LogP contribution in [0.5, 0.6) is 0 Å². The van der Waals surface area contributed by atoms with Crippen LogP contribution in [0.3, 0.4) is 0 Å². The molecule has 0 aromatic rings. The highest BCUT2D eigenvalue weighted by molar-refractivity contribution is 5.71. The number of nitrogens with two attached hydrogens (primary N) is 1. The van der Waals surface area contributed by atoms with Crippen LogP contribution in [0, 0.1) is 17.8 Å². The van der Waals surface area contributed by atoms with Gasteiger partial charge in [-0.2, -0.15) is 0 Å². The van der Waals surface area contributed by atoms with Crippen molar-refractivity contribution in [1.29, 1.82) is 0 Å². The normalized spacial score (nSPS) is 45.5. The van der Waals surface area contributed by atoms with Crippen molar-refractivity contribution in [3.05, 3.63) is 85.1 Å². The van der Waals surface area contributed by atoms with E-state index in [4.69, 9.17) is 24.7 Å². The molecule has 2 saturated heterocycles. The minimum absolute atomic E-state index is 0.107.